The molecule has 0 bridgehead atoms. The molecule has 0 aromatic rings. The van der Waals surface area contributed by atoms with Gasteiger partial charge in [0.25, 0.3) is 0 Å². The van der Waals surface area contributed by atoms with Gasteiger partial charge >= 0.3 is 0 Å². The van der Waals surface area contributed by atoms with Crippen LogP contribution >= 0.6 is 0 Å². The van der Waals surface area contributed by atoms with Crippen molar-refractivity contribution < 1.29 is 4.79 Å². The average Bonchev–Trinajstić information content (AvgIpc) is 2.78. The number of carbonyl (C=O) groups is 1. The molecule has 0 aromatic carbocycles. The molecule has 1 nitrogen and oxygen atoms in total. The Morgan fingerprint density at radius 2 is 2.08 bits per heavy atom. The quantitative estimate of drug-likeness (QED) is 0.638. The van der Waals surface area contributed by atoms with E-state index in [9.17, 15) is 4.79 Å². The van der Waals surface area contributed by atoms with Crippen molar-refractivity contribution in [3.63, 3.8) is 0 Å². The van der Waals surface area contributed by atoms with Gasteiger partial charge < -0.3 is 0 Å². The summed E-state index contributed by atoms with van der Waals surface area (Å²) in [7, 11) is 0. The van der Waals surface area contributed by atoms with E-state index in [1.54, 1.807) is 0 Å². The zero-order valence-electron chi connectivity index (χ0n) is 8.81. The summed E-state index contributed by atoms with van der Waals surface area (Å²) in [4.78, 5) is 11.6. The molecule has 13 heavy (non-hydrogen) atoms. The van der Waals surface area contributed by atoms with Crippen molar-refractivity contribution in [2.75, 3.05) is 0 Å². The van der Waals surface area contributed by atoms with Crippen molar-refractivity contribution in [2.24, 2.45) is 17.3 Å². The molecule has 2 aliphatic carbocycles. The van der Waals surface area contributed by atoms with Crippen molar-refractivity contribution in [1.29, 1.82) is 0 Å². The Bertz CT molecular complexity index is 213. The number of carbonyl (C=O) groups excluding carboxylic acids is 1. The molecule has 0 aromatic heterocycles. The molecular formula is C12H20O. The van der Waals surface area contributed by atoms with Crippen molar-refractivity contribution in [3.05, 3.63) is 0 Å². The molecule has 0 heterocycles. The summed E-state index contributed by atoms with van der Waals surface area (Å²) < 4.78 is 0. The molecule has 1 heteroatoms. The van der Waals surface area contributed by atoms with Gasteiger partial charge in [0.05, 0.1) is 0 Å². The molecule has 2 saturated carbocycles. The summed E-state index contributed by atoms with van der Waals surface area (Å²) >= 11 is 0. The molecule has 1 unspecified atom stereocenters. The number of rotatable bonds is 2. The lowest BCUT2D eigenvalue weighted by atomic mass is 9.75. The maximum absolute atomic E-state index is 11.6. The number of ketones is 1. The summed E-state index contributed by atoms with van der Waals surface area (Å²) in [5.74, 6) is 1.64. The van der Waals surface area contributed by atoms with Crippen LogP contribution in [-0.4, -0.2) is 5.78 Å². The normalized spacial score (nSPS) is 31.3. The monoisotopic (exact) mass is 180 g/mol. The van der Waals surface area contributed by atoms with Gasteiger partial charge in [0.15, 0.2) is 0 Å². The zero-order chi connectivity index (χ0) is 9.47. The lowest BCUT2D eigenvalue weighted by Crippen LogP contribution is -2.26. The average molecular weight is 180 g/mol. The molecule has 0 amide bonds. The maximum atomic E-state index is 11.6. The predicted molar refractivity (Wildman–Crippen MR) is 53.5 cm³/mol. The summed E-state index contributed by atoms with van der Waals surface area (Å²) in [6.07, 6.45) is 7.20. The highest BCUT2D eigenvalue weighted by Crippen LogP contribution is 2.57. The third-order valence-corrected chi connectivity index (χ3v) is 3.75. The van der Waals surface area contributed by atoms with Crippen LogP contribution in [0.1, 0.15) is 52.4 Å². The number of Topliss-reactive ketones (excluding diaryl/α,β-unsaturated/α-hetero) is 1. The molecule has 2 aliphatic rings. The Kier molecular flexibility index (Phi) is 2.21. The van der Waals surface area contributed by atoms with Crippen molar-refractivity contribution >= 4 is 5.78 Å². The molecule has 0 N–H and O–H groups in total. The second-order valence-corrected chi connectivity index (χ2v) is 5.50. The fraction of sp³-hybridized carbons (Fsp3) is 0.917. The van der Waals surface area contributed by atoms with Crippen LogP contribution in [-0.2, 0) is 4.79 Å². The first-order valence-corrected chi connectivity index (χ1v) is 5.64. The van der Waals surface area contributed by atoms with Crippen LogP contribution in [0.25, 0.3) is 0 Å². The maximum Gasteiger partial charge on any atom is 0.136 e. The highest BCUT2D eigenvalue weighted by atomic mass is 16.1. The molecule has 74 valence electrons. The third-order valence-electron chi connectivity index (χ3n) is 3.75. The van der Waals surface area contributed by atoms with Gasteiger partial charge in [-0.25, -0.2) is 0 Å². The lowest BCUT2D eigenvalue weighted by Gasteiger charge is -2.28. The first kappa shape index (κ1) is 9.23. The minimum atomic E-state index is 0.413. The summed E-state index contributed by atoms with van der Waals surface area (Å²) in [5.41, 5.74) is 0.646. The van der Waals surface area contributed by atoms with Gasteiger partial charge in [0.1, 0.15) is 5.78 Å². The van der Waals surface area contributed by atoms with Crippen molar-refractivity contribution in [3.8, 4) is 0 Å². The van der Waals surface area contributed by atoms with Gasteiger partial charge in [-0.15, -0.1) is 0 Å². The van der Waals surface area contributed by atoms with E-state index in [1.165, 1.54) is 25.7 Å². The fourth-order valence-corrected chi connectivity index (χ4v) is 2.75. The van der Waals surface area contributed by atoms with Gasteiger partial charge in [0.2, 0.25) is 0 Å². The van der Waals surface area contributed by atoms with Crippen LogP contribution in [0.2, 0.25) is 0 Å². The second-order valence-electron chi connectivity index (χ2n) is 5.50. The van der Waals surface area contributed by atoms with Gasteiger partial charge in [-0.3, -0.25) is 4.79 Å². The Morgan fingerprint density at radius 1 is 1.38 bits per heavy atom. The molecule has 2 rings (SSSR count). The SMILES string of the molecule is CC(C)CC1CC2(CCC1=O)CC2. The summed E-state index contributed by atoms with van der Waals surface area (Å²) in [6, 6.07) is 0. The highest BCUT2D eigenvalue weighted by molar-refractivity contribution is 5.82. The Labute approximate surface area is 80.9 Å². The first-order chi connectivity index (χ1) is 6.11. The van der Waals surface area contributed by atoms with Crippen LogP contribution in [0, 0.1) is 17.3 Å². The van der Waals surface area contributed by atoms with E-state index >= 15 is 0 Å². The minimum absolute atomic E-state index is 0.413. The molecular weight excluding hydrogens is 160 g/mol. The van der Waals surface area contributed by atoms with Crippen LogP contribution in [0.3, 0.4) is 0 Å². The third kappa shape index (κ3) is 1.95. The van der Waals surface area contributed by atoms with Crippen molar-refractivity contribution in [1.82, 2.24) is 0 Å². The second kappa shape index (κ2) is 3.11. The van der Waals surface area contributed by atoms with Gasteiger partial charge in [-0.05, 0) is 43.4 Å². The van der Waals surface area contributed by atoms with Crippen molar-refractivity contribution in [2.45, 2.75) is 52.4 Å². The van der Waals surface area contributed by atoms with Crippen LogP contribution in [0.4, 0.5) is 0 Å². The van der Waals surface area contributed by atoms with Gasteiger partial charge in [-0.2, -0.15) is 0 Å². The fourth-order valence-electron chi connectivity index (χ4n) is 2.75. The van der Waals surface area contributed by atoms with E-state index in [2.05, 4.69) is 13.8 Å². The van der Waals surface area contributed by atoms with E-state index in [4.69, 9.17) is 0 Å². The molecule has 0 saturated heterocycles. The largest absolute Gasteiger partial charge is 0.299 e. The summed E-state index contributed by atoms with van der Waals surface area (Å²) in [5, 5.41) is 0. The van der Waals surface area contributed by atoms with E-state index < -0.39 is 0 Å². The van der Waals surface area contributed by atoms with Crippen LogP contribution < -0.4 is 0 Å². The van der Waals surface area contributed by atoms with Crippen LogP contribution in [0.5, 0.6) is 0 Å². The summed E-state index contributed by atoms with van der Waals surface area (Å²) in [6.45, 7) is 4.45. The standard InChI is InChI=1S/C12H20O/c1-9(2)7-10-8-12(5-6-12)4-3-11(10)13/h9-10H,3-8H2,1-2H3. The van der Waals surface area contributed by atoms with E-state index in [0.29, 0.717) is 23.0 Å². The van der Waals surface area contributed by atoms with Gasteiger partial charge in [0, 0.05) is 12.3 Å². The highest BCUT2D eigenvalue weighted by Gasteiger charge is 2.48. The molecule has 2 fully saturated rings. The van der Waals surface area contributed by atoms with Gasteiger partial charge in [-0.1, -0.05) is 13.8 Å². The minimum Gasteiger partial charge on any atom is -0.299 e. The van der Waals surface area contributed by atoms with E-state index in [1.807, 2.05) is 0 Å². The lowest BCUT2D eigenvalue weighted by molar-refractivity contribution is -0.126. The zero-order valence-corrected chi connectivity index (χ0v) is 8.81. The van der Waals surface area contributed by atoms with Crippen LogP contribution in [0.15, 0.2) is 0 Å². The molecule has 1 spiro atoms. The topological polar surface area (TPSA) is 17.1 Å². The molecule has 0 aliphatic heterocycles. The molecule has 1 atom stereocenters. The Hall–Kier alpha value is -0.330. The predicted octanol–water partition coefficient (Wildman–Crippen LogP) is 3.18. The number of hydrogen-bond donors (Lipinski definition) is 0. The Balaban J connectivity index is 1.95. The smallest absolute Gasteiger partial charge is 0.136 e. The molecule has 0 radical (unpaired) electrons. The van der Waals surface area contributed by atoms with E-state index in [-0.39, 0.29) is 0 Å². The Morgan fingerprint density at radius 3 is 2.62 bits per heavy atom. The van der Waals surface area contributed by atoms with E-state index in [0.717, 1.165) is 12.8 Å². The number of hydrogen-bond acceptors (Lipinski definition) is 1. The first-order valence-electron chi connectivity index (χ1n) is 5.64.